The Bertz CT molecular complexity index is 436. The van der Waals surface area contributed by atoms with Crippen molar-refractivity contribution in [2.45, 2.75) is 12.5 Å². The molecular weight excluding hydrogens is 286 g/mol. The van der Waals surface area contributed by atoms with Crippen LogP contribution in [-0.4, -0.2) is 42.2 Å². The molecule has 1 N–H and O–H groups in total. The third-order valence-electron chi connectivity index (χ3n) is 2.85. The largest absolute Gasteiger partial charge is 0.497 e. The predicted octanol–water partition coefficient (Wildman–Crippen LogP) is 1.66. The molecule has 92 valence electrons. The lowest BCUT2D eigenvalue weighted by atomic mass is 10.2. The van der Waals surface area contributed by atoms with Crippen molar-refractivity contribution < 1.29 is 14.6 Å². The summed E-state index contributed by atoms with van der Waals surface area (Å²) in [7, 11) is 1.57. The molecule has 1 atom stereocenters. The maximum Gasteiger partial charge on any atom is 0.255 e. The molecule has 1 aliphatic heterocycles. The highest BCUT2D eigenvalue weighted by atomic mass is 79.9. The Morgan fingerprint density at radius 3 is 2.94 bits per heavy atom. The standard InChI is InChI=1S/C12H14BrNO3/c1-17-9-2-3-11(13)10(6-9)12(16)14-5-4-8(15)7-14/h2-3,6,8,15H,4-5,7H2,1H3. The molecule has 0 bridgehead atoms. The molecule has 17 heavy (non-hydrogen) atoms. The van der Waals surface area contributed by atoms with Gasteiger partial charge in [-0.2, -0.15) is 0 Å². The van der Waals surface area contributed by atoms with Crippen molar-refractivity contribution in [3.8, 4) is 5.75 Å². The second kappa shape index (κ2) is 5.06. The minimum Gasteiger partial charge on any atom is -0.497 e. The number of benzene rings is 1. The molecule has 0 spiro atoms. The van der Waals surface area contributed by atoms with Gasteiger partial charge in [0.05, 0.1) is 18.8 Å². The van der Waals surface area contributed by atoms with E-state index in [-0.39, 0.29) is 5.91 Å². The molecule has 1 amide bonds. The number of hydrogen-bond donors (Lipinski definition) is 1. The van der Waals surface area contributed by atoms with Gasteiger partial charge in [0.1, 0.15) is 5.75 Å². The van der Waals surface area contributed by atoms with Crippen LogP contribution in [0.3, 0.4) is 0 Å². The molecule has 1 aliphatic rings. The summed E-state index contributed by atoms with van der Waals surface area (Å²) in [4.78, 5) is 13.9. The number of amides is 1. The number of likely N-dealkylation sites (tertiary alicyclic amines) is 1. The van der Waals surface area contributed by atoms with Crippen molar-refractivity contribution in [2.24, 2.45) is 0 Å². The van der Waals surface area contributed by atoms with E-state index in [0.29, 0.717) is 30.8 Å². The molecule has 0 radical (unpaired) electrons. The number of aliphatic hydroxyl groups excluding tert-OH is 1. The van der Waals surface area contributed by atoms with Crippen LogP contribution in [0.1, 0.15) is 16.8 Å². The van der Waals surface area contributed by atoms with Crippen LogP contribution < -0.4 is 4.74 Å². The number of hydrogen-bond acceptors (Lipinski definition) is 3. The number of β-amino-alcohol motifs (C(OH)–C–C–N with tert-alkyl or cyclic N) is 1. The first-order valence-corrected chi connectivity index (χ1v) is 6.22. The van der Waals surface area contributed by atoms with Gasteiger partial charge in [-0.3, -0.25) is 4.79 Å². The molecule has 1 fully saturated rings. The lowest BCUT2D eigenvalue weighted by Crippen LogP contribution is -2.29. The zero-order valence-electron chi connectivity index (χ0n) is 9.52. The first-order valence-electron chi connectivity index (χ1n) is 5.42. The highest BCUT2D eigenvalue weighted by Crippen LogP contribution is 2.25. The average molecular weight is 300 g/mol. The van der Waals surface area contributed by atoms with Crippen LogP contribution in [0.4, 0.5) is 0 Å². The van der Waals surface area contributed by atoms with Gasteiger partial charge >= 0.3 is 0 Å². The first kappa shape index (κ1) is 12.4. The fourth-order valence-electron chi connectivity index (χ4n) is 1.89. The third kappa shape index (κ3) is 2.61. The molecule has 2 rings (SSSR count). The number of halogens is 1. The summed E-state index contributed by atoms with van der Waals surface area (Å²) in [6, 6.07) is 5.29. The second-order valence-electron chi connectivity index (χ2n) is 4.04. The monoisotopic (exact) mass is 299 g/mol. The van der Waals surface area contributed by atoms with Crippen molar-refractivity contribution >= 4 is 21.8 Å². The Balaban J connectivity index is 2.24. The number of carbonyl (C=O) groups excluding carboxylic acids is 1. The summed E-state index contributed by atoms with van der Waals surface area (Å²) < 4.78 is 5.84. The van der Waals surface area contributed by atoms with E-state index < -0.39 is 6.10 Å². The molecule has 1 unspecified atom stereocenters. The SMILES string of the molecule is COc1ccc(Br)c(C(=O)N2CCC(O)C2)c1. The first-order chi connectivity index (χ1) is 8.11. The topological polar surface area (TPSA) is 49.8 Å². The maximum absolute atomic E-state index is 12.2. The Kier molecular flexibility index (Phi) is 3.69. The van der Waals surface area contributed by atoms with Crippen LogP contribution in [0, 0.1) is 0 Å². The van der Waals surface area contributed by atoms with Gasteiger partial charge in [0, 0.05) is 17.6 Å². The predicted molar refractivity (Wildman–Crippen MR) is 67.2 cm³/mol. The van der Waals surface area contributed by atoms with Gasteiger partial charge in [0.25, 0.3) is 5.91 Å². The van der Waals surface area contributed by atoms with E-state index in [1.165, 1.54) is 0 Å². The van der Waals surface area contributed by atoms with Crippen molar-refractivity contribution in [1.29, 1.82) is 0 Å². The van der Waals surface area contributed by atoms with E-state index in [1.807, 2.05) is 0 Å². The smallest absolute Gasteiger partial charge is 0.255 e. The van der Waals surface area contributed by atoms with Gasteiger partial charge in [0.2, 0.25) is 0 Å². The van der Waals surface area contributed by atoms with E-state index in [4.69, 9.17) is 4.74 Å². The number of carbonyl (C=O) groups is 1. The highest BCUT2D eigenvalue weighted by molar-refractivity contribution is 9.10. The van der Waals surface area contributed by atoms with Gasteiger partial charge in [0.15, 0.2) is 0 Å². The molecule has 1 saturated heterocycles. The second-order valence-corrected chi connectivity index (χ2v) is 4.89. The molecular formula is C12H14BrNO3. The van der Waals surface area contributed by atoms with Crippen LogP contribution in [0.25, 0.3) is 0 Å². The molecule has 0 aromatic heterocycles. The Hall–Kier alpha value is -1.07. The number of ether oxygens (including phenoxy) is 1. The molecule has 0 aliphatic carbocycles. The van der Waals surface area contributed by atoms with Crippen molar-refractivity contribution in [3.63, 3.8) is 0 Å². The Morgan fingerprint density at radius 2 is 2.35 bits per heavy atom. The summed E-state index contributed by atoms with van der Waals surface area (Å²) in [6.45, 7) is 1.01. The van der Waals surface area contributed by atoms with Gasteiger partial charge in [-0.05, 0) is 40.5 Å². The molecule has 5 heteroatoms. The fraction of sp³-hybridized carbons (Fsp3) is 0.417. The van der Waals surface area contributed by atoms with Crippen LogP contribution in [0.2, 0.25) is 0 Å². The van der Waals surface area contributed by atoms with Crippen LogP contribution in [-0.2, 0) is 0 Å². The molecule has 4 nitrogen and oxygen atoms in total. The van der Waals surface area contributed by atoms with E-state index in [0.717, 1.165) is 4.47 Å². The average Bonchev–Trinajstić information content (AvgIpc) is 2.76. The van der Waals surface area contributed by atoms with Gasteiger partial charge in [-0.25, -0.2) is 0 Å². The highest BCUT2D eigenvalue weighted by Gasteiger charge is 2.26. The number of nitrogens with zero attached hydrogens (tertiary/aromatic N) is 1. The zero-order chi connectivity index (χ0) is 12.4. The van der Waals surface area contributed by atoms with E-state index in [1.54, 1.807) is 30.2 Å². The van der Waals surface area contributed by atoms with E-state index in [9.17, 15) is 9.90 Å². The Labute approximate surface area is 108 Å². The lowest BCUT2D eigenvalue weighted by molar-refractivity contribution is 0.0763. The molecule has 1 aromatic carbocycles. The summed E-state index contributed by atoms with van der Waals surface area (Å²) in [5, 5.41) is 9.44. The third-order valence-corrected chi connectivity index (χ3v) is 3.55. The number of methoxy groups -OCH3 is 1. The molecule has 0 saturated carbocycles. The Morgan fingerprint density at radius 1 is 1.59 bits per heavy atom. The fourth-order valence-corrected chi connectivity index (χ4v) is 2.31. The van der Waals surface area contributed by atoms with E-state index >= 15 is 0 Å². The van der Waals surface area contributed by atoms with E-state index in [2.05, 4.69) is 15.9 Å². The van der Waals surface area contributed by atoms with Crippen LogP contribution >= 0.6 is 15.9 Å². The number of aliphatic hydroxyl groups is 1. The summed E-state index contributed by atoms with van der Waals surface area (Å²) in [5.41, 5.74) is 0.568. The van der Waals surface area contributed by atoms with Gasteiger partial charge in [-0.15, -0.1) is 0 Å². The molecule has 1 heterocycles. The lowest BCUT2D eigenvalue weighted by Gasteiger charge is -2.16. The summed E-state index contributed by atoms with van der Waals surface area (Å²) in [5.74, 6) is 0.573. The van der Waals surface area contributed by atoms with Crippen molar-refractivity contribution in [2.75, 3.05) is 20.2 Å². The minimum atomic E-state index is -0.400. The summed E-state index contributed by atoms with van der Waals surface area (Å²) in [6.07, 6.45) is 0.246. The van der Waals surface area contributed by atoms with Crippen molar-refractivity contribution in [1.82, 2.24) is 4.90 Å². The maximum atomic E-state index is 12.2. The van der Waals surface area contributed by atoms with Gasteiger partial charge < -0.3 is 14.7 Å². The quantitative estimate of drug-likeness (QED) is 0.904. The molecule has 1 aromatic rings. The van der Waals surface area contributed by atoms with Crippen molar-refractivity contribution in [3.05, 3.63) is 28.2 Å². The number of rotatable bonds is 2. The van der Waals surface area contributed by atoms with Crippen LogP contribution in [0.5, 0.6) is 5.75 Å². The normalized spacial score (nSPS) is 19.5. The van der Waals surface area contributed by atoms with Gasteiger partial charge in [-0.1, -0.05) is 0 Å². The minimum absolute atomic E-state index is 0.0766. The zero-order valence-corrected chi connectivity index (χ0v) is 11.1. The summed E-state index contributed by atoms with van der Waals surface area (Å²) >= 11 is 3.36. The van der Waals surface area contributed by atoms with Crippen LogP contribution in [0.15, 0.2) is 22.7 Å².